The van der Waals surface area contributed by atoms with Crippen LogP contribution in [0.25, 0.3) is 0 Å². The van der Waals surface area contributed by atoms with Crippen molar-refractivity contribution in [3.63, 3.8) is 0 Å². The van der Waals surface area contributed by atoms with Crippen molar-refractivity contribution in [1.29, 1.82) is 0 Å². The summed E-state index contributed by atoms with van der Waals surface area (Å²) in [4.78, 5) is 4.24. The molecule has 0 bridgehead atoms. The number of rotatable bonds is 0. The minimum absolute atomic E-state index is 0.451. The number of aliphatic imine (C=N–C) groups is 1. The van der Waals surface area contributed by atoms with Gasteiger partial charge in [-0.25, -0.2) is 4.99 Å². The lowest BCUT2D eigenvalue weighted by molar-refractivity contribution is 1.09. The topological polar surface area (TPSA) is 79.1 Å². The quantitative estimate of drug-likeness (QED) is 0.505. The molecule has 5 nitrogen and oxygen atoms in total. The molecular weight excluding hydrogens is 142 g/mol. The highest BCUT2D eigenvalue weighted by Gasteiger charge is 2.13. The summed E-state index contributed by atoms with van der Waals surface area (Å²) in [5, 5.41) is 9.67. The van der Waals surface area contributed by atoms with Crippen molar-refractivity contribution in [2.24, 2.45) is 4.99 Å². The normalized spacial score (nSPS) is 15.2. The second-order valence-electron chi connectivity index (χ2n) is 2.53. The number of nitrogens with zero attached hydrogens (tertiary/aromatic N) is 2. The van der Waals surface area contributed by atoms with E-state index in [2.05, 4.69) is 20.5 Å². The molecule has 0 radical (unpaired) electrons. The molecule has 1 aliphatic rings. The van der Waals surface area contributed by atoms with Gasteiger partial charge in [0.25, 0.3) is 0 Å². The third-order valence-electron chi connectivity index (χ3n) is 1.59. The Morgan fingerprint density at radius 2 is 2.36 bits per heavy atom. The zero-order chi connectivity index (χ0) is 7.84. The van der Waals surface area contributed by atoms with Gasteiger partial charge < -0.3 is 11.1 Å². The lowest BCUT2D eigenvalue weighted by Crippen LogP contribution is -2.14. The monoisotopic (exact) mass is 151 g/mol. The molecule has 11 heavy (non-hydrogen) atoms. The first-order chi connectivity index (χ1) is 5.27. The first-order valence-corrected chi connectivity index (χ1v) is 3.39. The van der Waals surface area contributed by atoms with Gasteiger partial charge in [0.05, 0.1) is 6.54 Å². The van der Waals surface area contributed by atoms with E-state index >= 15 is 0 Å². The first-order valence-electron chi connectivity index (χ1n) is 3.39. The molecule has 0 saturated heterocycles. The number of fused-ring (bicyclic) bond motifs is 1. The zero-order valence-corrected chi connectivity index (χ0v) is 6.18. The van der Waals surface area contributed by atoms with Crippen molar-refractivity contribution < 1.29 is 0 Å². The van der Waals surface area contributed by atoms with Crippen LogP contribution in [-0.4, -0.2) is 22.5 Å². The average molecular weight is 151 g/mol. The molecule has 2 heterocycles. The van der Waals surface area contributed by atoms with Crippen molar-refractivity contribution in [2.45, 2.75) is 6.92 Å². The Bertz CT molecular complexity index is 311. The van der Waals surface area contributed by atoms with Crippen LogP contribution >= 0.6 is 0 Å². The number of hydrogen-bond donors (Lipinski definition) is 3. The van der Waals surface area contributed by atoms with Gasteiger partial charge in [-0.1, -0.05) is 0 Å². The summed E-state index contributed by atoms with van der Waals surface area (Å²) in [7, 11) is 0. The predicted molar refractivity (Wildman–Crippen MR) is 44.3 cm³/mol. The van der Waals surface area contributed by atoms with E-state index in [0.717, 1.165) is 23.8 Å². The molecule has 0 amide bonds. The van der Waals surface area contributed by atoms with Crippen molar-refractivity contribution in [2.75, 3.05) is 17.6 Å². The van der Waals surface area contributed by atoms with Crippen LogP contribution in [0, 0.1) is 0 Å². The largest absolute Gasteiger partial charge is 0.380 e. The van der Waals surface area contributed by atoms with Gasteiger partial charge in [0.2, 0.25) is 0 Å². The third-order valence-corrected chi connectivity index (χ3v) is 1.59. The molecule has 2 rings (SSSR count). The fourth-order valence-electron chi connectivity index (χ4n) is 1.03. The lowest BCUT2D eigenvalue weighted by atomic mass is 10.3. The molecular formula is C6H9N5. The number of nitrogens with two attached hydrogens (primary N) is 1. The van der Waals surface area contributed by atoms with E-state index in [9.17, 15) is 0 Å². The maximum absolute atomic E-state index is 5.53. The van der Waals surface area contributed by atoms with Crippen LogP contribution in [0.3, 0.4) is 0 Å². The van der Waals surface area contributed by atoms with E-state index in [1.807, 2.05) is 6.92 Å². The van der Waals surface area contributed by atoms with Gasteiger partial charge in [-0.3, -0.25) is 5.10 Å². The molecule has 0 unspecified atom stereocenters. The summed E-state index contributed by atoms with van der Waals surface area (Å²) >= 11 is 0. The molecule has 1 aromatic rings. The smallest absolute Gasteiger partial charge is 0.173 e. The number of anilines is 2. The van der Waals surface area contributed by atoms with Crippen LogP contribution < -0.4 is 11.1 Å². The fourth-order valence-corrected chi connectivity index (χ4v) is 1.03. The second kappa shape index (κ2) is 1.98. The second-order valence-corrected chi connectivity index (χ2v) is 2.53. The van der Waals surface area contributed by atoms with Crippen molar-refractivity contribution in [3.8, 4) is 0 Å². The molecule has 58 valence electrons. The highest BCUT2D eigenvalue weighted by Crippen LogP contribution is 2.30. The SMILES string of the molecule is CC1=Nc2c(N)n[nH]c2NC1. The number of H-pyrrole nitrogens is 1. The summed E-state index contributed by atoms with van der Waals surface area (Å²) in [6, 6.07) is 0. The van der Waals surface area contributed by atoms with Crippen molar-refractivity contribution >= 4 is 23.0 Å². The summed E-state index contributed by atoms with van der Waals surface area (Å²) in [6.07, 6.45) is 0. The Kier molecular flexibility index (Phi) is 1.12. The van der Waals surface area contributed by atoms with Gasteiger partial charge in [-0.2, -0.15) is 5.10 Å². The van der Waals surface area contributed by atoms with Gasteiger partial charge in [-0.15, -0.1) is 0 Å². The first kappa shape index (κ1) is 6.21. The molecule has 5 heteroatoms. The molecule has 0 aliphatic carbocycles. The van der Waals surface area contributed by atoms with Crippen LogP contribution in [-0.2, 0) is 0 Å². The van der Waals surface area contributed by atoms with Crippen molar-refractivity contribution in [1.82, 2.24) is 10.2 Å². The molecule has 4 N–H and O–H groups in total. The molecule has 1 aromatic heterocycles. The van der Waals surface area contributed by atoms with E-state index in [0.29, 0.717) is 5.82 Å². The average Bonchev–Trinajstić information content (AvgIpc) is 2.33. The van der Waals surface area contributed by atoms with Gasteiger partial charge in [0, 0.05) is 5.71 Å². The van der Waals surface area contributed by atoms with Gasteiger partial charge in [0.1, 0.15) is 11.5 Å². The van der Waals surface area contributed by atoms with Crippen LogP contribution in [0.4, 0.5) is 17.3 Å². The highest BCUT2D eigenvalue weighted by atomic mass is 15.2. The Balaban J connectivity index is 2.55. The predicted octanol–water partition coefficient (Wildman–Crippen LogP) is 0.510. The van der Waals surface area contributed by atoms with Crippen LogP contribution in [0.1, 0.15) is 6.92 Å². The van der Waals surface area contributed by atoms with E-state index < -0.39 is 0 Å². The van der Waals surface area contributed by atoms with Crippen LogP contribution in [0.2, 0.25) is 0 Å². The highest BCUT2D eigenvalue weighted by molar-refractivity contribution is 5.95. The summed E-state index contributed by atoms with van der Waals surface area (Å²) in [5.74, 6) is 1.26. The molecule has 0 saturated carbocycles. The van der Waals surface area contributed by atoms with E-state index in [4.69, 9.17) is 5.73 Å². The Labute approximate surface area is 63.7 Å². The van der Waals surface area contributed by atoms with Crippen molar-refractivity contribution in [3.05, 3.63) is 0 Å². The van der Waals surface area contributed by atoms with Crippen LogP contribution in [0.5, 0.6) is 0 Å². The molecule has 1 aliphatic heterocycles. The third kappa shape index (κ3) is 0.849. The summed E-state index contributed by atoms with van der Waals surface area (Å²) < 4.78 is 0. The maximum Gasteiger partial charge on any atom is 0.173 e. The standard InChI is InChI=1S/C6H9N5/c1-3-2-8-6-4(9-3)5(7)10-11-6/h2H2,1H3,(H4,7,8,10,11). The number of aromatic nitrogens is 2. The summed E-state index contributed by atoms with van der Waals surface area (Å²) in [6.45, 7) is 2.71. The van der Waals surface area contributed by atoms with E-state index in [-0.39, 0.29) is 0 Å². The lowest BCUT2D eigenvalue weighted by Gasteiger charge is -2.09. The number of aromatic amines is 1. The number of hydrogen-bond acceptors (Lipinski definition) is 4. The van der Waals surface area contributed by atoms with Crippen LogP contribution in [0.15, 0.2) is 4.99 Å². The van der Waals surface area contributed by atoms with Gasteiger partial charge in [0.15, 0.2) is 5.82 Å². The zero-order valence-electron chi connectivity index (χ0n) is 6.18. The fraction of sp³-hybridized carbons (Fsp3) is 0.333. The Morgan fingerprint density at radius 1 is 1.55 bits per heavy atom. The molecule has 0 atom stereocenters. The van der Waals surface area contributed by atoms with Gasteiger partial charge in [-0.05, 0) is 6.92 Å². The minimum atomic E-state index is 0.451. The molecule has 0 spiro atoms. The van der Waals surface area contributed by atoms with Gasteiger partial charge >= 0.3 is 0 Å². The molecule has 0 aromatic carbocycles. The molecule has 0 fully saturated rings. The number of nitrogen functional groups attached to an aromatic ring is 1. The number of nitrogens with one attached hydrogen (secondary N) is 2. The Hall–Kier alpha value is -1.52. The minimum Gasteiger partial charge on any atom is -0.380 e. The van der Waals surface area contributed by atoms with E-state index in [1.54, 1.807) is 0 Å². The maximum atomic E-state index is 5.53. The Morgan fingerprint density at radius 3 is 3.18 bits per heavy atom. The van der Waals surface area contributed by atoms with E-state index in [1.165, 1.54) is 0 Å². The summed E-state index contributed by atoms with van der Waals surface area (Å²) in [5.41, 5.74) is 7.28.